The summed E-state index contributed by atoms with van der Waals surface area (Å²) in [6.45, 7) is 1.43. The summed E-state index contributed by atoms with van der Waals surface area (Å²) in [5.41, 5.74) is -0.123. The molecule has 0 radical (unpaired) electrons. The third-order valence-corrected chi connectivity index (χ3v) is 5.76. The van der Waals surface area contributed by atoms with E-state index in [0.717, 1.165) is 12.8 Å². The number of hydrogen-bond donors (Lipinski definition) is 5. The number of nitro benzene ring substituents is 1. The van der Waals surface area contributed by atoms with Crippen molar-refractivity contribution in [2.24, 2.45) is 0 Å². The zero-order chi connectivity index (χ0) is 28.1. The highest BCUT2D eigenvalue weighted by molar-refractivity contribution is 5.82. The van der Waals surface area contributed by atoms with Gasteiger partial charge in [0.1, 0.15) is 30.1 Å². The van der Waals surface area contributed by atoms with Crippen molar-refractivity contribution in [1.82, 2.24) is 10.6 Å². The Bertz CT molecular complexity index is 928. The molecule has 14 nitrogen and oxygen atoms in total. The molecule has 5 N–H and O–H groups in total. The minimum Gasteiger partial charge on any atom is -0.427 e. The first-order valence-corrected chi connectivity index (χ1v) is 12.4. The monoisotopic (exact) mass is 541 g/mol. The van der Waals surface area contributed by atoms with Gasteiger partial charge in [-0.05, 0) is 25.0 Å². The molecule has 1 aromatic rings. The number of hydrogen-bond acceptors (Lipinski definition) is 11. The molecule has 1 aliphatic heterocycles. The van der Waals surface area contributed by atoms with Crippen LogP contribution in [0.25, 0.3) is 0 Å². The van der Waals surface area contributed by atoms with Gasteiger partial charge in [0.25, 0.3) is 5.69 Å². The Balaban J connectivity index is 1.56. The fourth-order valence-corrected chi connectivity index (χ4v) is 3.74. The Kier molecular flexibility index (Phi) is 13.0. The number of aliphatic hydroxyl groups excluding tert-OH is 3. The van der Waals surface area contributed by atoms with Crippen LogP contribution in [0.1, 0.15) is 45.4 Å². The highest BCUT2D eigenvalue weighted by Gasteiger charge is 2.45. The number of unbranched alkanes of at least 4 members (excludes halogenated alkanes) is 3. The molecule has 1 aromatic carbocycles. The number of aliphatic hydroxyl groups is 3. The number of non-ortho nitro benzene ring substituents is 1. The van der Waals surface area contributed by atoms with E-state index in [9.17, 15) is 39.8 Å². The number of ether oxygens (including phenoxy) is 3. The smallest absolute Gasteiger partial charge is 0.311 e. The van der Waals surface area contributed by atoms with Crippen LogP contribution >= 0.6 is 0 Å². The average molecular weight is 542 g/mol. The zero-order valence-electron chi connectivity index (χ0n) is 21.1. The molecule has 0 saturated carbocycles. The number of nitrogens with zero attached hydrogens (tertiary/aromatic N) is 1. The lowest BCUT2D eigenvalue weighted by Crippen LogP contribution is -2.64. The van der Waals surface area contributed by atoms with E-state index in [0.29, 0.717) is 19.4 Å². The van der Waals surface area contributed by atoms with E-state index in [-0.39, 0.29) is 36.8 Å². The largest absolute Gasteiger partial charge is 0.427 e. The van der Waals surface area contributed by atoms with Gasteiger partial charge in [-0.15, -0.1) is 0 Å². The molecule has 38 heavy (non-hydrogen) atoms. The number of nitrogens with one attached hydrogen (secondary N) is 2. The van der Waals surface area contributed by atoms with Crippen LogP contribution < -0.4 is 15.4 Å². The lowest BCUT2D eigenvalue weighted by molar-refractivity contribution is -0.384. The van der Waals surface area contributed by atoms with Crippen molar-refractivity contribution in [2.45, 2.75) is 76.1 Å². The van der Waals surface area contributed by atoms with E-state index >= 15 is 0 Å². The highest BCUT2D eigenvalue weighted by atomic mass is 16.7. The van der Waals surface area contributed by atoms with Gasteiger partial charge in [-0.3, -0.25) is 24.5 Å². The summed E-state index contributed by atoms with van der Waals surface area (Å²) >= 11 is 0. The van der Waals surface area contributed by atoms with Gasteiger partial charge in [-0.25, -0.2) is 0 Å². The lowest BCUT2D eigenvalue weighted by atomic mass is 9.97. The maximum atomic E-state index is 11.9. The molecule has 5 atom stereocenters. The van der Waals surface area contributed by atoms with E-state index in [1.54, 1.807) is 0 Å². The van der Waals surface area contributed by atoms with Gasteiger partial charge >= 0.3 is 5.97 Å². The van der Waals surface area contributed by atoms with Crippen molar-refractivity contribution in [3.63, 3.8) is 0 Å². The molecule has 0 aromatic heterocycles. The van der Waals surface area contributed by atoms with Crippen molar-refractivity contribution < 1.29 is 48.8 Å². The second-order valence-electron chi connectivity index (χ2n) is 8.79. The standard InChI is InChI=1S/C24H35N3O11/c1-15(29)26-21-23(33)22(32)18(14-28)38-24(21)36-13-5-3-2-4-12-25-19(30)10-11-20(31)37-17-8-6-16(7-9-17)27(34)35/h6-9,18,21-24,28,32-33H,2-5,10-14H2,1H3,(H,25,30)(H,26,29)/t18-,21-,22-,23-,24-/m1/s1. The van der Waals surface area contributed by atoms with E-state index in [1.165, 1.54) is 31.2 Å². The summed E-state index contributed by atoms with van der Waals surface area (Å²) in [5, 5.41) is 45.4. The fourth-order valence-electron chi connectivity index (χ4n) is 3.74. The third kappa shape index (κ3) is 10.3. The zero-order valence-corrected chi connectivity index (χ0v) is 21.1. The summed E-state index contributed by atoms with van der Waals surface area (Å²) in [6, 6.07) is 4.08. The maximum Gasteiger partial charge on any atom is 0.311 e. The Morgan fingerprint density at radius 1 is 1.05 bits per heavy atom. The van der Waals surface area contributed by atoms with Gasteiger partial charge in [0.15, 0.2) is 6.29 Å². The molecule has 1 heterocycles. The number of carbonyl (C=O) groups is 3. The number of esters is 1. The molecule has 14 heteroatoms. The molecule has 1 aliphatic rings. The van der Waals surface area contributed by atoms with Crippen molar-refractivity contribution >= 4 is 23.5 Å². The minimum atomic E-state index is -1.37. The van der Waals surface area contributed by atoms with Crippen molar-refractivity contribution in [1.29, 1.82) is 0 Å². The Labute approximate surface area is 219 Å². The normalized spacial score (nSPS) is 22.9. The second-order valence-corrected chi connectivity index (χ2v) is 8.79. The maximum absolute atomic E-state index is 11.9. The molecule has 0 bridgehead atoms. The molecule has 1 saturated heterocycles. The SMILES string of the molecule is CC(=O)N[C@H]1[C@H](OCCCCCCNC(=O)CCC(=O)Oc2ccc([N+](=O)[O-])cc2)O[C@H](CO)[C@@H](O)[C@@H]1O. The van der Waals surface area contributed by atoms with E-state index in [1.807, 2.05) is 0 Å². The van der Waals surface area contributed by atoms with Crippen molar-refractivity contribution in [2.75, 3.05) is 19.8 Å². The summed E-state index contributed by atoms with van der Waals surface area (Å²) in [5.74, 6) is -1.19. The van der Waals surface area contributed by atoms with Gasteiger partial charge in [-0.2, -0.15) is 0 Å². The summed E-state index contributed by atoms with van der Waals surface area (Å²) in [7, 11) is 0. The quantitative estimate of drug-likeness (QED) is 0.0652. The van der Waals surface area contributed by atoms with Crippen molar-refractivity contribution in [3.8, 4) is 5.75 Å². The van der Waals surface area contributed by atoms with Crippen LogP contribution in [-0.4, -0.2) is 88.4 Å². The van der Waals surface area contributed by atoms with Crippen LogP contribution in [0.2, 0.25) is 0 Å². The fraction of sp³-hybridized carbons (Fsp3) is 0.625. The van der Waals surface area contributed by atoms with Crippen LogP contribution in [0.5, 0.6) is 5.75 Å². The first kappa shape index (κ1) is 31.1. The molecule has 2 rings (SSSR count). The van der Waals surface area contributed by atoms with Crippen LogP contribution in [0.15, 0.2) is 24.3 Å². The Morgan fingerprint density at radius 2 is 1.74 bits per heavy atom. The number of benzene rings is 1. The van der Waals surface area contributed by atoms with E-state index in [2.05, 4.69) is 10.6 Å². The predicted octanol–water partition coefficient (Wildman–Crippen LogP) is -0.0827. The summed E-state index contributed by atoms with van der Waals surface area (Å²) in [6.07, 6.45) is -2.08. The van der Waals surface area contributed by atoms with Gasteiger partial charge in [0.05, 0.1) is 18.0 Å². The summed E-state index contributed by atoms with van der Waals surface area (Å²) < 4.78 is 16.2. The predicted molar refractivity (Wildman–Crippen MR) is 131 cm³/mol. The molecule has 1 fully saturated rings. The molecule has 0 aliphatic carbocycles. The molecule has 212 valence electrons. The van der Waals surface area contributed by atoms with Gasteiger partial charge in [0.2, 0.25) is 11.8 Å². The van der Waals surface area contributed by atoms with Crippen molar-refractivity contribution in [3.05, 3.63) is 34.4 Å². The van der Waals surface area contributed by atoms with Gasteiger partial charge in [-0.1, -0.05) is 12.8 Å². The van der Waals surface area contributed by atoms with Gasteiger partial charge in [0, 0.05) is 38.6 Å². The number of amides is 2. The van der Waals surface area contributed by atoms with Crippen LogP contribution in [0, 0.1) is 10.1 Å². The van der Waals surface area contributed by atoms with Crippen LogP contribution in [0.4, 0.5) is 5.69 Å². The first-order chi connectivity index (χ1) is 18.1. The molecule has 0 unspecified atom stereocenters. The highest BCUT2D eigenvalue weighted by Crippen LogP contribution is 2.22. The van der Waals surface area contributed by atoms with Crippen LogP contribution in [-0.2, 0) is 23.9 Å². The topological polar surface area (TPSA) is 207 Å². The molecule has 0 spiro atoms. The summed E-state index contributed by atoms with van der Waals surface area (Å²) in [4.78, 5) is 45.3. The molecule has 2 amide bonds. The van der Waals surface area contributed by atoms with E-state index in [4.69, 9.17) is 14.2 Å². The molecular formula is C24H35N3O11. The number of nitro groups is 1. The average Bonchev–Trinajstić information content (AvgIpc) is 2.88. The van der Waals surface area contributed by atoms with Crippen LogP contribution in [0.3, 0.4) is 0 Å². The van der Waals surface area contributed by atoms with Gasteiger partial charge < -0.3 is 40.2 Å². The Morgan fingerprint density at radius 3 is 2.37 bits per heavy atom. The third-order valence-electron chi connectivity index (χ3n) is 5.76. The number of carbonyl (C=O) groups excluding carboxylic acids is 3. The van der Waals surface area contributed by atoms with E-state index < -0.39 is 54.1 Å². The number of rotatable bonds is 15. The minimum absolute atomic E-state index is 0.0497. The molecular weight excluding hydrogens is 506 g/mol. The first-order valence-electron chi connectivity index (χ1n) is 12.4. The lowest BCUT2D eigenvalue weighted by Gasteiger charge is -2.42. The second kappa shape index (κ2) is 15.9. The Hall–Kier alpha value is -3.17.